The van der Waals surface area contributed by atoms with E-state index < -0.39 is 7.14 Å². The molecule has 0 N–H and O–H groups in total. The van der Waals surface area contributed by atoms with E-state index in [0.717, 1.165) is 92.4 Å². The highest BCUT2D eigenvalue weighted by atomic mass is 31.2. The number of fused-ring (bicyclic) bond motifs is 7. The SMILES string of the molecule is O=P(c1ccccc1)(c1ccccc1)c1cccc(-c2c3ccccc3c(-c3nc4ccccc4c4c3ccc3cccnc34)c3ccccc23)c1. The van der Waals surface area contributed by atoms with Crippen LogP contribution in [-0.4, -0.2) is 9.97 Å². The zero-order chi connectivity index (χ0) is 34.6. The van der Waals surface area contributed by atoms with Gasteiger partial charge in [-0.3, -0.25) is 4.98 Å². The Labute approximate surface area is 301 Å². The Hall–Kier alpha value is -6.41. The summed E-state index contributed by atoms with van der Waals surface area (Å²) in [6.45, 7) is 0. The average Bonchev–Trinajstić information content (AvgIpc) is 3.22. The number of hydrogen-bond acceptors (Lipinski definition) is 3. The molecule has 0 radical (unpaired) electrons. The Morgan fingerprint density at radius 2 is 0.981 bits per heavy atom. The van der Waals surface area contributed by atoms with Crippen LogP contribution < -0.4 is 15.9 Å². The van der Waals surface area contributed by atoms with Crippen LogP contribution >= 0.6 is 7.14 Å². The van der Waals surface area contributed by atoms with E-state index in [1.54, 1.807) is 0 Å². The molecule has 244 valence electrons. The third kappa shape index (κ3) is 4.64. The molecule has 0 saturated carbocycles. The van der Waals surface area contributed by atoms with E-state index in [-0.39, 0.29) is 0 Å². The fourth-order valence-electron chi connectivity index (χ4n) is 8.04. The summed E-state index contributed by atoms with van der Waals surface area (Å²) in [5.41, 5.74) is 6.08. The summed E-state index contributed by atoms with van der Waals surface area (Å²) >= 11 is 0. The zero-order valence-corrected chi connectivity index (χ0v) is 29.0. The predicted octanol–water partition coefficient (Wildman–Crippen LogP) is 11.2. The van der Waals surface area contributed by atoms with Gasteiger partial charge in [-0.05, 0) is 50.9 Å². The largest absolute Gasteiger partial charge is 0.309 e. The lowest BCUT2D eigenvalue weighted by Gasteiger charge is -2.22. The molecule has 10 rings (SSSR count). The number of rotatable bonds is 5. The molecule has 0 aliphatic rings. The predicted molar refractivity (Wildman–Crippen MR) is 220 cm³/mol. The first-order valence-corrected chi connectivity index (χ1v) is 19.2. The molecule has 3 nitrogen and oxygen atoms in total. The molecule has 4 heteroatoms. The zero-order valence-electron chi connectivity index (χ0n) is 28.1. The van der Waals surface area contributed by atoms with Crippen molar-refractivity contribution in [2.24, 2.45) is 0 Å². The van der Waals surface area contributed by atoms with E-state index in [9.17, 15) is 0 Å². The number of benzene rings is 8. The van der Waals surface area contributed by atoms with Crippen LogP contribution in [-0.2, 0) is 4.57 Å². The Morgan fingerprint density at radius 3 is 1.63 bits per heavy atom. The molecular weight excluding hydrogens is 652 g/mol. The van der Waals surface area contributed by atoms with Crippen LogP contribution in [0.3, 0.4) is 0 Å². The maximum absolute atomic E-state index is 15.5. The first-order chi connectivity index (χ1) is 25.7. The number of para-hydroxylation sites is 1. The maximum atomic E-state index is 15.5. The van der Waals surface area contributed by atoms with Crippen LogP contribution in [0.4, 0.5) is 0 Å². The lowest BCUT2D eigenvalue weighted by molar-refractivity contribution is 0.592. The van der Waals surface area contributed by atoms with Crippen LogP contribution in [0, 0.1) is 0 Å². The van der Waals surface area contributed by atoms with Gasteiger partial charge in [0.05, 0.1) is 16.7 Å². The summed E-state index contributed by atoms with van der Waals surface area (Å²) in [7, 11) is -3.19. The van der Waals surface area contributed by atoms with Gasteiger partial charge < -0.3 is 4.57 Å². The van der Waals surface area contributed by atoms with Gasteiger partial charge >= 0.3 is 0 Å². The van der Waals surface area contributed by atoms with Crippen LogP contribution in [0.2, 0.25) is 0 Å². The number of aromatic nitrogens is 2. The van der Waals surface area contributed by atoms with Crippen molar-refractivity contribution in [3.8, 4) is 22.4 Å². The van der Waals surface area contributed by atoms with Gasteiger partial charge in [0, 0.05) is 49.2 Å². The molecule has 0 spiro atoms. The summed E-state index contributed by atoms with van der Waals surface area (Å²) in [5.74, 6) is 0. The van der Waals surface area contributed by atoms with Crippen molar-refractivity contribution in [1.82, 2.24) is 9.97 Å². The van der Waals surface area contributed by atoms with Crippen LogP contribution in [0.15, 0.2) is 188 Å². The van der Waals surface area contributed by atoms with Gasteiger partial charge in [-0.2, -0.15) is 0 Å². The molecule has 0 atom stereocenters. The standard InChI is InChI=1S/C48H31N2OP/c51-52(34-17-3-1-4-18-34,35-19-5-2-6-20-35)36-21-13-15-33(31-36)44-37-22-7-9-24-39(37)45(40-25-10-8-23-38(40)44)48-42-29-28-32-16-14-30-49-47(32)46(42)41-26-11-12-27-43(41)50-48/h1-31H. The van der Waals surface area contributed by atoms with E-state index in [4.69, 9.17) is 9.97 Å². The van der Waals surface area contributed by atoms with Crippen LogP contribution in [0.1, 0.15) is 0 Å². The van der Waals surface area contributed by atoms with Crippen LogP contribution in [0.5, 0.6) is 0 Å². The highest BCUT2D eigenvalue weighted by Gasteiger charge is 2.30. The maximum Gasteiger partial charge on any atom is 0.171 e. The quantitative estimate of drug-likeness (QED) is 0.103. The normalized spacial score (nSPS) is 11.9. The molecule has 0 fully saturated rings. The molecular formula is C48H31N2OP. The summed E-state index contributed by atoms with van der Waals surface area (Å²) < 4.78 is 15.5. The minimum Gasteiger partial charge on any atom is -0.309 e. The number of pyridine rings is 2. The fraction of sp³-hybridized carbons (Fsp3) is 0. The van der Waals surface area contributed by atoms with Crippen molar-refractivity contribution in [1.29, 1.82) is 0 Å². The van der Waals surface area contributed by atoms with Crippen molar-refractivity contribution < 1.29 is 4.57 Å². The summed E-state index contributed by atoms with van der Waals surface area (Å²) in [4.78, 5) is 10.3. The first kappa shape index (κ1) is 30.4. The summed E-state index contributed by atoms with van der Waals surface area (Å²) in [6, 6.07) is 62.3. The smallest absolute Gasteiger partial charge is 0.171 e. The third-order valence-corrected chi connectivity index (χ3v) is 13.4. The molecule has 8 aromatic carbocycles. The molecule has 2 heterocycles. The van der Waals surface area contributed by atoms with Crippen molar-refractivity contribution in [3.05, 3.63) is 188 Å². The lowest BCUT2D eigenvalue weighted by atomic mass is 9.86. The molecule has 0 aliphatic carbocycles. The Bertz CT molecular complexity index is 2930. The first-order valence-electron chi connectivity index (χ1n) is 17.5. The average molecular weight is 683 g/mol. The highest BCUT2D eigenvalue weighted by Crippen LogP contribution is 2.48. The number of nitrogens with zero attached hydrogens (tertiary/aromatic N) is 2. The molecule has 0 saturated heterocycles. The molecule has 0 unspecified atom stereocenters. The molecule has 10 aromatic rings. The van der Waals surface area contributed by atoms with E-state index in [1.165, 1.54) is 0 Å². The Kier molecular flexibility index (Phi) is 7.09. The van der Waals surface area contributed by atoms with Crippen molar-refractivity contribution in [2.75, 3.05) is 0 Å². The van der Waals surface area contributed by atoms with Gasteiger partial charge in [-0.1, -0.05) is 164 Å². The van der Waals surface area contributed by atoms with Gasteiger partial charge in [-0.15, -0.1) is 0 Å². The van der Waals surface area contributed by atoms with E-state index in [1.807, 2.05) is 79.0 Å². The van der Waals surface area contributed by atoms with Gasteiger partial charge in [-0.25, -0.2) is 4.98 Å². The van der Waals surface area contributed by atoms with Crippen LogP contribution in [0.25, 0.3) is 76.5 Å². The second-order valence-electron chi connectivity index (χ2n) is 13.2. The Balaban J connectivity index is 1.29. The summed E-state index contributed by atoms with van der Waals surface area (Å²) in [5, 5.41) is 11.3. The van der Waals surface area contributed by atoms with Crippen molar-refractivity contribution in [3.63, 3.8) is 0 Å². The topological polar surface area (TPSA) is 42.9 Å². The highest BCUT2D eigenvalue weighted by molar-refractivity contribution is 7.85. The Morgan fingerprint density at radius 1 is 0.423 bits per heavy atom. The minimum absolute atomic E-state index is 0.807. The number of hydrogen-bond donors (Lipinski definition) is 0. The van der Waals surface area contributed by atoms with Gasteiger partial charge in [0.2, 0.25) is 0 Å². The molecule has 2 aromatic heterocycles. The van der Waals surface area contributed by atoms with Gasteiger partial charge in [0.25, 0.3) is 0 Å². The molecule has 0 aliphatic heterocycles. The minimum atomic E-state index is -3.19. The molecule has 0 bridgehead atoms. The lowest BCUT2D eigenvalue weighted by Crippen LogP contribution is -2.25. The van der Waals surface area contributed by atoms with E-state index >= 15 is 4.57 Å². The van der Waals surface area contributed by atoms with Crippen molar-refractivity contribution >= 4 is 77.2 Å². The fourth-order valence-corrected chi connectivity index (χ4v) is 10.7. The van der Waals surface area contributed by atoms with E-state index in [0.29, 0.717) is 0 Å². The third-order valence-electron chi connectivity index (χ3n) is 10.3. The monoisotopic (exact) mass is 682 g/mol. The second-order valence-corrected chi connectivity index (χ2v) is 16.0. The van der Waals surface area contributed by atoms with Gasteiger partial charge in [0.1, 0.15) is 0 Å². The molecule has 52 heavy (non-hydrogen) atoms. The second kappa shape index (κ2) is 12.1. The van der Waals surface area contributed by atoms with Crippen molar-refractivity contribution in [2.45, 2.75) is 0 Å². The van der Waals surface area contributed by atoms with Gasteiger partial charge in [0.15, 0.2) is 7.14 Å². The molecule has 0 amide bonds. The summed E-state index contributed by atoms with van der Waals surface area (Å²) in [6.07, 6.45) is 1.87. The van der Waals surface area contributed by atoms with E-state index in [2.05, 4.69) is 109 Å².